The number of benzene rings is 1. The van der Waals surface area contributed by atoms with Gasteiger partial charge in [0.2, 0.25) is 0 Å². The second-order valence-electron chi connectivity index (χ2n) is 4.29. The smallest absolute Gasteiger partial charge is 0.265 e. The van der Waals surface area contributed by atoms with Crippen LogP contribution in [0, 0.1) is 0 Å². The van der Waals surface area contributed by atoms with Crippen LogP contribution in [0.5, 0.6) is 0 Å². The molecule has 0 radical (unpaired) electrons. The molecule has 17 heavy (non-hydrogen) atoms. The second-order valence-corrected chi connectivity index (χ2v) is 4.29. The van der Waals surface area contributed by atoms with Crippen molar-refractivity contribution in [3.8, 4) is 0 Å². The van der Waals surface area contributed by atoms with Crippen LogP contribution in [0.2, 0.25) is 0 Å². The number of hydrogen-bond donors (Lipinski definition) is 2. The van der Waals surface area contributed by atoms with Gasteiger partial charge < -0.3 is 15.7 Å². The number of nitrogens with zero attached hydrogens (tertiary/aromatic N) is 1. The van der Waals surface area contributed by atoms with Crippen LogP contribution in [-0.4, -0.2) is 24.3 Å². The van der Waals surface area contributed by atoms with E-state index in [1.807, 2.05) is 4.90 Å². The predicted octanol–water partition coefficient (Wildman–Crippen LogP) is 2.17. The summed E-state index contributed by atoms with van der Waals surface area (Å²) < 4.78 is 25.9. The first-order valence-electron chi connectivity index (χ1n) is 5.68. The van der Waals surface area contributed by atoms with E-state index in [9.17, 15) is 13.9 Å². The fraction of sp³-hybridized carbons (Fsp3) is 0.500. The van der Waals surface area contributed by atoms with Crippen molar-refractivity contribution in [2.24, 2.45) is 0 Å². The van der Waals surface area contributed by atoms with E-state index in [1.54, 1.807) is 12.1 Å². The Bertz CT molecular complexity index is 398. The molecule has 0 bridgehead atoms. The van der Waals surface area contributed by atoms with Gasteiger partial charge in [0, 0.05) is 23.5 Å². The third-order valence-corrected chi connectivity index (χ3v) is 3.18. The van der Waals surface area contributed by atoms with E-state index in [1.165, 1.54) is 6.07 Å². The molecule has 0 aromatic heterocycles. The molecule has 1 saturated heterocycles. The Hall–Kier alpha value is -1.36. The van der Waals surface area contributed by atoms with Crippen molar-refractivity contribution in [3.05, 3.63) is 23.8 Å². The molecule has 1 unspecified atom stereocenters. The topological polar surface area (TPSA) is 49.5 Å². The first kappa shape index (κ1) is 12.1. The van der Waals surface area contributed by atoms with E-state index in [-0.39, 0.29) is 18.2 Å². The van der Waals surface area contributed by atoms with Gasteiger partial charge in [0.05, 0.1) is 12.6 Å². The summed E-state index contributed by atoms with van der Waals surface area (Å²) in [4.78, 5) is 1.85. The Balaban J connectivity index is 2.37. The zero-order valence-corrected chi connectivity index (χ0v) is 9.44. The lowest BCUT2D eigenvalue weighted by Gasteiger charge is -2.27. The van der Waals surface area contributed by atoms with Gasteiger partial charge in [-0.1, -0.05) is 0 Å². The molecule has 1 fully saturated rings. The first-order chi connectivity index (χ1) is 8.13. The molecule has 1 atom stereocenters. The molecular formula is C12H16F2N2O. The maximum Gasteiger partial charge on any atom is 0.265 e. The van der Waals surface area contributed by atoms with E-state index < -0.39 is 6.43 Å². The number of nitrogens with two attached hydrogens (primary N) is 1. The van der Waals surface area contributed by atoms with Gasteiger partial charge in [-0.25, -0.2) is 8.78 Å². The normalized spacial score (nSPS) is 20.2. The molecule has 3 nitrogen and oxygen atoms in total. The predicted molar refractivity (Wildman–Crippen MR) is 63.3 cm³/mol. The third kappa shape index (κ3) is 2.34. The van der Waals surface area contributed by atoms with E-state index in [2.05, 4.69) is 0 Å². The Kier molecular flexibility index (Phi) is 3.47. The van der Waals surface area contributed by atoms with Crippen molar-refractivity contribution >= 4 is 11.4 Å². The van der Waals surface area contributed by atoms with Crippen molar-refractivity contribution in [1.82, 2.24) is 0 Å². The van der Waals surface area contributed by atoms with Gasteiger partial charge in [0.15, 0.2) is 0 Å². The van der Waals surface area contributed by atoms with Crippen LogP contribution in [0.1, 0.15) is 24.8 Å². The van der Waals surface area contributed by atoms with Crippen molar-refractivity contribution in [2.75, 3.05) is 23.8 Å². The fourth-order valence-electron chi connectivity index (χ4n) is 2.35. The molecule has 3 N–H and O–H groups in total. The molecule has 2 rings (SSSR count). The maximum absolute atomic E-state index is 12.9. The Morgan fingerprint density at radius 1 is 1.47 bits per heavy atom. The van der Waals surface area contributed by atoms with Crippen LogP contribution >= 0.6 is 0 Å². The Morgan fingerprint density at radius 3 is 2.88 bits per heavy atom. The number of hydrogen-bond acceptors (Lipinski definition) is 3. The average Bonchev–Trinajstić information content (AvgIpc) is 2.76. The van der Waals surface area contributed by atoms with Gasteiger partial charge >= 0.3 is 0 Å². The summed E-state index contributed by atoms with van der Waals surface area (Å²) in [6, 6.07) is 4.49. The fourth-order valence-corrected chi connectivity index (χ4v) is 2.35. The van der Waals surface area contributed by atoms with Crippen LogP contribution in [-0.2, 0) is 0 Å². The molecule has 0 spiro atoms. The van der Waals surface area contributed by atoms with Gasteiger partial charge in [-0.15, -0.1) is 0 Å². The van der Waals surface area contributed by atoms with E-state index in [0.717, 1.165) is 12.8 Å². The van der Waals surface area contributed by atoms with Crippen LogP contribution in [0.15, 0.2) is 18.2 Å². The minimum atomic E-state index is -2.55. The maximum atomic E-state index is 12.9. The monoisotopic (exact) mass is 242 g/mol. The number of rotatable bonds is 3. The van der Waals surface area contributed by atoms with Gasteiger partial charge in [-0.3, -0.25) is 0 Å². The average molecular weight is 242 g/mol. The largest absolute Gasteiger partial charge is 0.399 e. The molecule has 0 amide bonds. The minimum absolute atomic E-state index is 0.00689. The lowest BCUT2D eigenvalue weighted by Crippen LogP contribution is -2.32. The van der Waals surface area contributed by atoms with Crippen molar-refractivity contribution in [2.45, 2.75) is 25.3 Å². The highest BCUT2D eigenvalue weighted by atomic mass is 19.3. The lowest BCUT2D eigenvalue weighted by atomic mass is 10.1. The molecule has 0 aliphatic carbocycles. The van der Waals surface area contributed by atoms with Gasteiger partial charge in [-0.2, -0.15) is 0 Å². The summed E-state index contributed by atoms with van der Waals surface area (Å²) in [5, 5.41) is 9.23. The summed E-state index contributed by atoms with van der Waals surface area (Å²) in [6.45, 7) is 0.696. The summed E-state index contributed by atoms with van der Waals surface area (Å²) in [6.07, 6.45) is -0.796. The quantitative estimate of drug-likeness (QED) is 0.799. The SMILES string of the molecule is Nc1ccc(N2CCCC2CO)c(C(F)F)c1. The number of anilines is 2. The summed E-state index contributed by atoms with van der Waals surface area (Å²) in [7, 11) is 0. The van der Waals surface area contributed by atoms with Crippen LogP contribution in [0.25, 0.3) is 0 Å². The van der Waals surface area contributed by atoms with E-state index in [4.69, 9.17) is 5.73 Å². The van der Waals surface area contributed by atoms with Crippen LogP contribution < -0.4 is 10.6 Å². The zero-order chi connectivity index (χ0) is 12.4. The number of aliphatic hydroxyl groups is 1. The van der Waals surface area contributed by atoms with Gasteiger partial charge in [-0.05, 0) is 31.0 Å². The van der Waals surface area contributed by atoms with Crippen molar-refractivity contribution in [3.63, 3.8) is 0 Å². The van der Waals surface area contributed by atoms with E-state index in [0.29, 0.717) is 17.9 Å². The molecule has 94 valence electrons. The second kappa shape index (κ2) is 4.87. The molecule has 0 saturated carbocycles. The summed E-state index contributed by atoms with van der Waals surface area (Å²) in [5.41, 5.74) is 6.31. The third-order valence-electron chi connectivity index (χ3n) is 3.18. The van der Waals surface area contributed by atoms with Crippen molar-refractivity contribution < 1.29 is 13.9 Å². The highest BCUT2D eigenvalue weighted by Crippen LogP contribution is 2.35. The molecular weight excluding hydrogens is 226 g/mol. The van der Waals surface area contributed by atoms with Crippen molar-refractivity contribution in [1.29, 1.82) is 0 Å². The minimum Gasteiger partial charge on any atom is -0.399 e. The Morgan fingerprint density at radius 2 is 2.24 bits per heavy atom. The van der Waals surface area contributed by atoms with Gasteiger partial charge in [0.1, 0.15) is 0 Å². The molecule has 1 aliphatic rings. The molecule has 1 heterocycles. The number of alkyl halides is 2. The van der Waals surface area contributed by atoms with E-state index >= 15 is 0 Å². The Labute approximate surface area is 98.8 Å². The van der Waals surface area contributed by atoms with Gasteiger partial charge in [0.25, 0.3) is 6.43 Å². The molecule has 5 heteroatoms. The van der Waals surface area contributed by atoms with Crippen LogP contribution in [0.3, 0.4) is 0 Å². The zero-order valence-electron chi connectivity index (χ0n) is 9.44. The lowest BCUT2D eigenvalue weighted by molar-refractivity contribution is 0.151. The standard InChI is InChI=1S/C12H16F2N2O/c13-12(14)10-6-8(15)3-4-11(10)16-5-1-2-9(16)7-17/h3-4,6,9,12,17H,1-2,5,7,15H2. The number of nitrogen functional groups attached to an aromatic ring is 1. The highest BCUT2D eigenvalue weighted by molar-refractivity contribution is 5.61. The number of halogens is 2. The molecule has 1 aliphatic heterocycles. The summed E-state index contributed by atoms with van der Waals surface area (Å²) >= 11 is 0. The first-order valence-corrected chi connectivity index (χ1v) is 5.68. The number of aliphatic hydroxyl groups excluding tert-OH is 1. The molecule has 1 aromatic carbocycles. The van der Waals surface area contributed by atoms with Crippen LogP contribution in [0.4, 0.5) is 20.2 Å². The molecule has 1 aromatic rings. The summed E-state index contributed by atoms with van der Waals surface area (Å²) in [5.74, 6) is 0. The highest BCUT2D eigenvalue weighted by Gasteiger charge is 2.27.